The van der Waals surface area contributed by atoms with Crippen LogP contribution < -0.4 is 0 Å². The molecule has 0 saturated heterocycles. The summed E-state index contributed by atoms with van der Waals surface area (Å²) in [6.45, 7) is 5.97. The van der Waals surface area contributed by atoms with Crippen molar-refractivity contribution in [1.29, 1.82) is 0 Å². The van der Waals surface area contributed by atoms with E-state index in [1.165, 1.54) is 10.5 Å². The molecule has 17 heavy (non-hydrogen) atoms. The molecule has 0 aliphatic heterocycles. The molecule has 0 aliphatic carbocycles. The van der Waals surface area contributed by atoms with Crippen LogP contribution in [0.15, 0.2) is 11.1 Å². The van der Waals surface area contributed by atoms with Crippen molar-refractivity contribution in [3.05, 3.63) is 11.9 Å². The van der Waals surface area contributed by atoms with Gasteiger partial charge < -0.3 is 0 Å². The minimum atomic E-state index is -3.44. The average molecular weight is 324 g/mol. The molecule has 0 aromatic carbocycles. The molecule has 0 saturated carbocycles. The van der Waals surface area contributed by atoms with Crippen LogP contribution in [0.2, 0.25) is 0 Å². The number of aromatic nitrogens is 2. The summed E-state index contributed by atoms with van der Waals surface area (Å²) in [6, 6.07) is -0.0617. The van der Waals surface area contributed by atoms with Gasteiger partial charge in [0.05, 0.1) is 11.9 Å². The molecule has 98 valence electrons. The fourth-order valence-electron chi connectivity index (χ4n) is 1.60. The zero-order valence-corrected chi connectivity index (χ0v) is 12.7. The Morgan fingerprint density at radius 2 is 2.18 bits per heavy atom. The van der Waals surface area contributed by atoms with Crippen molar-refractivity contribution >= 4 is 26.0 Å². The average Bonchev–Trinajstić information content (AvgIpc) is 2.64. The Balaban J connectivity index is 3.05. The first-order valence-corrected chi connectivity index (χ1v) is 8.05. The number of hydrogen-bond donors (Lipinski definition) is 1. The van der Waals surface area contributed by atoms with Crippen LogP contribution >= 0.6 is 15.9 Å². The number of alkyl halides is 1. The van der Waals surface area contributed by atoms with Crippen molar-refractivity contribution in [3.8, 4) is 0 Å². The minimum Gasteiger partial charge on any atom is -0.281 e. The maximum absolute atomic E-state index is 12.4. The van der Waals surface area contributed by atoms with E-state index < -0.39 is 10.0 Å². The largest absolute Gasteiger partial charge is 0.281 e. The third-order valence-electron chi connectivity index (χ3n) is 2.46. The first-order valence-electron chi connectivity index (χ1n) is 5.49. The number of aryl methyl sites for hydroxylation is 1. The quantitative estimate of drug-likeness (QED) is 0.813. The molecule has 0 aliphatic rings. The molecule has 0 spiro atoms. The van der Waals surface area contributed by atoms with Gasteiger partial charge in [-0.3, -0.25) is 5.10 Å². The van der Waals surface area contributed by atoms with Crippen molar-refractivity contribution in [3.63, 3.8) is 0 Å². The zero-order chi connectivity index (χ0) is 13.1. The predicted molar refractivity (Wildman–Crippen MR) is 70.8 cm³/mol. The van der Waals surface area contributed by atoms with Gasteiger partial charge >= 0.3 is 0 Å². The Morgan fingerprint density at radius 1 is 1.53 bits per heavy atom. The lowest BCUT2D eigenvalue weighted by molar-refractivity contribution is 0.355. The summed E-state index contributed by atoms with van der Waals surface area (Å²) in [4.78, 5) is 0.265. The number of rotatable bonds is 6. The molecule has 0 amide bonds. The number of aromatic amines is 1. The molecule has 0 fully saturated rings. The molecule has 0 radical (unpaired) electrons. The van der Waals surface area contributed by atoms with Crippen LogP contribution in [-0.4, -0.2) is 40.8 Å². The standard InChI is InChI=1S/C10H18BrN3O2S/c1-8(2)14(6-4-5-11)17(15,16)10-7-12-13-9(10)3/h7-8H,4-6H2,1-3H3,(H,12,13). The second-order valence-electron chi connectivity index (χ2n) is 4.11. The van der Waals surface area contributed by atoms with E-state index in [4.69, 9.17) is 0 Å². The smallest absolute Gasteiger partial charge is 0.246 e. The molecule has 1 heterocycles. The zero-order valence-electron chi connectivity index (χ0n) is 10.3. The summed E-state index contributed by atoms with van der Waals surface area (Å²) in [7, 11) is -3.44. The maximum Gasteiger partial charge on any atom is 0.246 e. The topological polar surface area (TPSA) is 66.1 Å². The van der Waals surface area contributed by atoms with Crippen molar-refractivity contribution in [2.45, 2.75) is 38.1 Å². The molecule has 0 atom stereocenters. The second kappa shape index (κ2) is 5.97. The van der Waals surface area contributed by atoms with Crippen LogP contribution in [0.25, 0.3) is 0 Å². The molecule has 1 aromatic heterocycles. The normalized spacial score (nSPS) is 12.6. The highest BCUT2D eigenvalue weighted by molar-refractivity contribution is 9.09. The lowest BCUT2D eigenvalue weighted by Gasteiger charge is -2.25. The molecule has 5 nitrogen and oxygen atoms in total. The molecule has 1 aromatic rings. The summed E-state index contributed by atoms with van der Waals surface area (Å²) in [5.41, 5.74) is 0.578. The Morgan fingerprint density at radius 3 is 2.59 bits per heavy atom. The number of halogens is 1. The van der Waals surface area contributed by atoms with E-state index >= 15 is 0 Å². The summed E-state index contributed by atoms with van der Waals surface area (Å²) >= 11 is 3.32. The molecule has 0 bridgehead atoms. The summed E-state index contributed by atoms with van der Waals surface area (Å²) in [5.74, 6) is 0. The number of nitrogens with one attached hydrogen (secondary N) is 1. The first kappa shape index (κ1) is 14.7. The third kappa shape index (κ3) is 3.29. The van der Waals surface area contributed by atoms with E-state index in [0.29, 0.717) is 12.2 Å². The van der Waals surface area contributed by atoms with E-state index in [0.717, 1.165) is 11.8 Å². The number of nitrogens with zero attached hydrogens (tertiary/aromatic N) is 2. The van der Waals surface area contributed by atoms with E-state index in [2.05, 4.69) is 26.1 Å². The van der Waals surface area contributed by atoms with Gasteiger partial charge in [-0.1, -0.05) is 15.9 Å². The Kier molecular flexibility index (Phi) is 5.15. The summed E-state index contributed by atoms with van der Waals surface area (Å²) < 4.78 is 26.3. The van der Waals surface area contributed by atoms with Crippen molar-refractivity contribution in [2.24, 2.45) is 0 Å². The van der Waals surface area contributed by atoms with Gasteiger partial charge in [-0.25, -0.2) is 8.42 Å². The van der Waals surface area contributed by atoms with Crippen molar-refractivity contribution in [1.82, 2.24) is 14.5 Å². The van der Waals surface area contributed by atoms with Gasteiger partial charge in [-0.2, -0.15) is 9.40 Å². The molecule has 1 rings (SSSR count). The highest BCUT2D eigenvalue weighted by Crippen LogP contribution is 2.20. The Bertz CT molecular complexity index is 456. The van der Waals surface area contributed by atoms with Gasteiger partial charge in [-0.15, -0.1) is 0 Å². The molecular formula is C10H18BrN3O2S. The van der Waals surface area contributed by atoms with Gasteiger partial charge in [0.2, 0.25) is 10.0 Å². The second-order valence-corrected chi connectivity index (χ2v) is 6.76. The van der Waals surface area contributed by atoms with Gasteiger partial charge in [-0.05, 0) is 27.2 Å². The molecule has 7 heteroatoms. The van der Waals surface area contributed by atoms with Crippen LogP contribution in [0, 0.1) is 6.92 Å². The fourth-order valence-corrected chi connectivity index (χ4v) is 3.64. The molecule has 0 unspecified atom stereocenters. The monoisotopic (exact) mass is 323 g/mol. The summed E-state index contributed by atoms with van der Waals surface area (Å²) in [5, 5.41) is 7.22. The number of H-pyrrole nitrogens is 1. The van der Waals surface area contributed by atoms with Crippen LogP contribution in [0.5, 0.6) is 0 Å². The third-order valence-corrected chi connectivity index (χ3v) is 5.21. The van der Waals surface area contributed by atoms with Gasteiger partial charge in [0.15, 0.2) is 0 Å². The fraction of sp³-hybridized carbons (Fsp3) is 0.700. The number of hydrogen-bond acceptors (Lipinski definition) is 3. The highest BCUT2D eigenvalue weighted by atomic mass is 79.9. The lowest BCUT2D eigenvalue weighted by atomic mass is 10.4. The highest BCUT2D eigenvalue weighted by Gasteiger charge is 2.28. The first-order chi connectivity index (χ1) is 7.91. The van der Waals surface area contributed by atoms with Gasteiger partial charge in [0, 0.05) is 17.9 Å². The molecule has 1 N–H and O–H groups in total. The van der Waals surface area contributed by atoms with Crippen molar-refractivity contribution in [2.75, 3.05) is 11.9 Å². The van der Waals surface area contributed by atoms with Crippen LogP contribution in [0.3, 0.4) is 0 Å². The number of sulfonamides is 1. The van der Waals surface area contributed by atoms with E-state index in [1.54, 1.807) is 6.92 Å². The van der Waals surface area contributed by atoms with E-state index in [-0.39, 0.29) is 10.9 Å². The lowest BCUT2D eigenvalue weighted by Crippen LogP contribution is -2.38. The van der Waals surface area contributed by atoms with Crippen molar-refractivity contribution < 1.29 is 8.42 Å². The van der Waals surface area contributed by atoms with Crippen LogP contribution in [0.1, 0.15) is 26.0 Å². The maximum atomic E-state index is 12.4. The minimum absolute atomic E-state index is 0.0617. The van der Waals surface area contributed by atoms with E-state index in [9.17, 15) is 8.42 Å². The predicted octanol–water partition coefficient (Wildman–Crippen LogP) is 1.90. The van der Waals surface area contributed by atoms with Gasteiger partial charge in [0.1, 0.15) is 4.90 Å². The summed E-state index contributed by atoms with van der Waals surface area (Å²) in [6.07, 6.45) is 2.16. The Hall–Kier alpha value is -0.400. The van der Waals surface area contributed by atoms with Gasteiger partial charge in [0.25, 0.3) is 0 Å². The Labute approximate surface area is 111 Å². The molecular weight excluding hydrogens is 306 g/mol. The van der Waals surface area contributed by atoms with E-state index in [1.807, 2.05) is 13.8 Å². The SMILES string of the molecule is Cc1[nH]ncc1S(=O)(=O)N(CCCBr)C(C)C. The van der Waals surface area contributed by atoms with Crippen LogP contribution in [0.4, 0.5) is 0 Å². The van der Waals surface area contributed by atoms with Crippen LogP contribution in [-0.2, 0) is 10.0 Å².